The van der Waals surface area contributed by atoms with Crippen molar-refractivity contribution in [3.05, 3.63) is 48.5 Å². The maximum atomic E-state index is 14.8. The Bertz CT molecular complexity index is 1180. The van der Waals surface area contributed by atoms with Crippen molar-refractivity contribution in [1.29, 1.82) is 0 Å². The second-order valence-corrected chi connectivity index (χ2v) is 9.13. The fraction of sp³-hybridized carbons (Fsp3) is 0.360. The summed E-state index contributed by atoms with van der Waals surface area (Å²) in [5, 5.41) is 8.65. The first kappa shape index (κ1) is 25.8. The summed E-state index contributed by atoms with van der Waals surface area (Å²) in [5.41, 5.74) is 1.44. The van der Waals surface area contributed by atoms with Gasteiger partial charge < -0.3 is 25.4 Å². The molecule has 0 fully saturated rings. The van der Waals surface area contributed by atoms with Crippen LogP contribution in [0.3, 0.4) is 0 Å². The number of aromatic nitrogens is 2. The lowest BCUT2D eigenvalue weighted by Gasteiger charge is -2.17. The third-order valence-corrected chi connectivity index (χ3v) is 4.79. The number of benzene rings is 2. The highest BCUT2D eigenvalue weighted by Gasteiger charge is 2.16. The van der Waals surface area contributed by atoms with E-state index in [1.807, 2.05) is 20.8 Å². The van der Waals surface area contributed by atoms with E-state index >= 15 is 0 Å². The van der Waals surface area contributed by atoms with Crippen LogP contribution in [0.25, 0.3) is 10.9 Å². The minimum atomic E-state index is -0.518. The van der Waals surface area contributed by atoms with Gasteiger partial charge in [-0.05, 0) is 29.7 Å². The molecule has 1 aromatic heterocycles. The molecule has 0 unspecified atom stereocenters. The van der Waals surface area contributed by atoms with E-state index in [4.69, 9.17) is 9.47 Å². The van der Waals surface area contributed by atoms with Gasteiger partial charge in [-0.25, -0.2) is 14.4 Å². The predicted molar refractivity (Wildman–Crippen MR) is 132 cm³/mol. The molecule has 0 aliphatic rings. The molecule has 0 bridgehead atoms. The van der Waals surface area contributed by atoms with Crippen molar-refractivity contribution in [2.45, 2.75) is 27.2 Å². The van der Waals surface area contributed by atoms with Gasteiger partial charge in [0.1, 0.15) is 30.3 Å². The molecular weight excluding hydrogens is 453 g/mol. The molecule has 186 valence electrons. The standard InChI is InChI=1S/C25H30FN5O4/c1-25(2,3)13-21(32)27-14-22(33)30-16-5-7-17(8-6-16)31-24-23-19(26)11-18(35-10-9-34-4)12-20(23)28-15-29-24/h5-8,11-12,15H,9-10,13-14H2,1-4H3,(H,27,32)(H,30,33)(H,28,29,31). The lowest BCUT2D eigenvalue weighted by molar-refractivity contribution is -0.125. The summed E-state index contributed by atoms with van der Waals surface area (Å²) in [6.45, 7) is 6.44. The average molecular weight is 484 g/mol. The molecule has 0 saturated carbocycles. The van der Waals surface area contributed by atoms with Gasteiger partial charge in [-0.15, -0.1) is 0 Å². The molecular formula is C25H30FN5O4. The quantitative estimate of drug-likeness (QED) is 0.373. The smallest absolute Gasteiger partial charge is 0.243 e. The predicted octanol–water partition coefficient (Wildman–Crippen LogP) is 4.03. The second-order valence-electron chi connectivity index (χ2n) is 9.13. The van der Waals surface area contributed by atoms with Crippen LogP contribution in [0.5, 0.6) is 5.75 Å². The van der Waals surface area contributed by atoms with Gasteiger partial charge in [0.25, 0.3) is 0 Å². The van der Waals surface area contributed by atoms with E-state index in [1.54, 1.807) is 37.4 Å². The number of carbonyl (C=O) groups excluding carboxylic acids is 2. The number of amides is 2. The minimum absolute atomic E-state index is 0.113. The molecule has 0 atom stereocenters. The maximum absolute atomic E-state index is 14.8. The van der Waals surface area contributed by atoms with Crippen molar-refractivity contribution in [3.63, 3.8) is 0 Å². The first-order chi connectivity index (χ1) is 16.6. The number of hydrogen-bond acceptors (Lipinski definition) is 7. The zero-order valence-corrected chi connectivity index (χ0v) is 20.3. The second kappa shape index (κ2) is 11.6. The van der Waals surface area contributed by atoms with E-state index in [2.05, 4.69) is 25.9 Å². The van der Waals surface area contributed by atoms with Crippen LogP contribution in [-0.4, -0.2) is 48.7 Å². The summed E-state index contributed by atoms with van der Waals surface area (Å²) in [5.74, 6) is -0.374. The molecule has 0 radical (unpaired) electrons. The maximum Gasteiger partial charge on any atom is 0.243 e. The lowest BCUT2D eigenvalue weighted by atomic mass is 9.92. The van der Waals surface area contributed by atoms with Crippen LogP contribution >= 0.6 is 0 Å². The molecule has 0 saturated heterocycles. The molecule has 0 aliphatic carbocycles. The highest BCUT2D eigenvalue weighted by molar-refractivity contribution is 5.95. The largest absolute Gasteiger partial charge is 0.491 e. The monoisotopic (exact) mass is 483 g/mol. The molecule has 2 amide bonds. The van der Waals surface area contributed by atoms with Gasteiger partial charge in [0, 0.05) is 37.0 Å². The number of anilines is 3. The van der Waals surface area contributed by atoms with Crippen molar-refractivity contribution in [2.75, 3.05) is 37.5 Å². The lowest BCUT2D eigenvalue weighted by Crippen LogP contribution is -2.34. The van der Waals surface area contributed by atoms with Crippen molar-refractivity contribution >= 4 is 39.9 Å². The highest BCUT2D eigenvalue weighted by Crippen LogP contribution is 2.29. The Morgan fingerprint density at radius 2 is 1.71 bits per heavy atom. The Morgan fingerprint density at radius 1 is 1.00 bits per heavy atom. The summed E-state index contributed by atoms with van der Waals surface area (Å²) in [6.07, 6.45) is 1.67. The number of fused-ring (bicyclic) bond motifs is 1. The van der Waals surface area contributed by atoms with Crippen molar-refractivity contribution in [1.82, 2.24) is 15.3 Å². The Balaban J connectivity index is 1.62. The van der Waals surface area contributed by atoms with E-state index < -0.39 is 5.82 Å². The number of rotatable bonds is 10. The van der Waals surface area contributed by atoms with Crippen LogP contribution in [-0.2, 0) is 14.3 Å². The number of carbonyl (C=O) groups is 2. The SMILES string of the molecule is COCCOc1cc(F)c2c(Nc3ccc(NC(=O)CNC(=O)CC(C)(C)C)cc3)ncnc2c1. The Kier molecular flexibility index (Phi) is 8.53. The van der Waals surface area contributed by atoms with Gasteiger partial charge in [-0.2, -0.15) is 0 Å². The fourth-order valence-corrected chi connectivity index (χ4v) is 3.24. The van der Waals surface area contributed by atoms with E-state index in [0.717, 1.165) is 0 Å². The number of nitrogens with zero attached hydrogens (tertiary/aromatic N) is 2. The topological polar surface area (TPSA) is 114 Å². The zero-order chi connectivity index (χ0) is 25.4. The average Bonchev–Trinajstić information content (AvgIpc) is 2.78. The molecule has 3 rings (SSSR count). The summed E-state index contributed by atoms with van der Waals surface area (Å²) < 4.78 is 25.3. The van der Waals surface area contributed by atoms with Gasteiger partial charge >= 0.3 is 0 Å². The molecule has 9 nitrogen and oxygen atoms in total. The van der Waals surface area contributed by atoms with Gasteiger partial charge in [0.2, 0.25) is 11.8 Å². The van der Waals surface area contributed by atoms with Crippen molar-refractivity contribution in [2.24, 2.45) is 5.41 Å². The third-order valence-electron chi connectivity index (χ3n) is 4.79. The molecule has 0 spiro atoms. The molecule has 3 aromatic rings. The normalized spacial score (nSPS) is 11.2. The van der Waals surface area contributed by atoms with Crippen LogP contribution in [0, 0.1) is 11.2 Å². The van der Waals surface area contributed by atoms with Crippen LogP contribution < -0.4 is 20.7 Å². The highest BCUT2D eigenvalue weighted by atomic mass is 19.1. The molecule has 3 N–H and O–H groups in total. The van der Waals surface area contributed by atoms with E-state index in [1.165, 1.54) is 12.4 Å². The molecule has 1 heterocycles. The van der Waals surface area contributed by atoms with Gasteiger partial charge in [0.05, 0.1) is 24.1 Å². The summed E-state index contributed by atoms with van der Waals surface area (Å²) in [4.78, 5) is 32.3. The van der Waals surface area contributed by atoms with Crippen LogP contribution in [0.1, 0.15) is 27.2 Å². The number of nitrogens with one attached hydrogen (secondary N) is 3. The number of hydrogen-bond donors (Lipinski definition) is 3. The van der Waals surface area contributed by atoms with E-state index in [0.29, 0.717) is 48.1 Å². The Hall–Kier alpha value is -3.79. The van der Waals surface area contributed by atoms with Gasteiger partial charge in [-0.1, -0.05) is 20.8 Å². The first-order valence-electron chi connectivity index (χ1n) is 11.1. The summed E-state index contributed by atoms with van der Waals surface area (Å²) in [7, 11) is 1.56. The Morgan fingerprint density at radius 3 is 2.40 bits per heavy atom. The van der Waals surface area contributed by atoms with Crippen molar-refractivity contribution < 1.29 is 23.5 Å². The molecule has 10 heteroatoms. The fourth-order valence-electron chi connectivity index (χ4n) is 3.24. The molecule has 35 heavy (non-hydrogen) atoms. The third kappa shape index (κ3) is 7.89. The van der Waals surface area contributed by atoms with Crippen molar-refractivity contribution in [3.8, 4) is 5.75 Å². The number of ether oxygens (including phenoxy) is 2. The van der Waals surface area contributed by atoms with Gasteiger partial charge in [-0.3, -0.25) is 9.59 Å². The van der Waals surface area contributed by atoms with Crippen LogP contribution in [0.2, 0.25) is 0 Å². The minimum Gasteiger partial charge on any atom is -0.491 e. The molecule has 0 aliphatic heterocycles. The number of methoxy groups -OCH3 is 1. The van der Waals surface area contributed by atoms with Crippen LogP contribution in [0.4, 0.5) is 21.6 Å². The summed E-state index contributed by atoms with van der Waals surface area (Å²) in [6, 6.07) is 9.76. The summed E-state index contributed by atoms with van der Waals surface area (Å²) >= 11 is 0. The van der Waals surface area contributed by atoms with Crippen LogP contribution in [0.15, 0.2) is 42.7 Å². The Labute approximate surface area is 203 Å². The molecule has 2 aromatic carbocycles. The zero-order valence-electron chi connectivity index (χ0n) is 20.3. The van der Waals surface area contributed by atoms with E-state index in [9.17, 15) is 14.0 Å². The first-order valence-corrected chi connectivity index (χ1v) is 11.1. The van der Waals surface area contributed by atoms with E-state index in [-0.39, 0.29) is 29.2 Å². The van der Waals surface area contributed by atoms with Gasteiger partial charge in [0.15, 0.2) is 0 Å². The number of halogens is 1.